The number of fused-ring (bicyclic) bond motifs is 1. The molecule has 3 heterocycles. The van der Waals surface area contributed by atoms with E-state index in [-0.39, 0.29) is 0 Å². The van der Waals surface area contributed by atoms with Gasteiger partial charge in [-0.15, -0.1) is 0 Å². The number of benzene rings is 3. The fourth-order valence-corrected chi connectivity index (χ4v) is 4.84. The van der Waals surface area contributed by atoms with Gasteiger partial charge in [-0.05, 0) is 35.9 Å². The molecule has 5 aromatic rings. The van der Waals surface area contributed by atoms with Crippen LogP contribution in [0.25, 0.3) is 22.2 Å². The molecule has 0 bridgehead atoms. The first-order valence-electron chi connectivity index (χ1n) is 12.7. The lowest BCUT2D eigenvalue weighted by atomic mass is 10.1. The van der Waals surface area contributed by atoms with Crippen LogP contribution in [0.15, 0.2) is 91.0 Å². The van der Waals surface area contributed by atoms with Crippen LogP contribution in [0.2, 0.25) is 0 Å². The van der Waals surface area contributed by atoms with E-state index in [2.05, 4.69) is 74.8 Å². The average molecular weight is 491 g/mol. The predicted molar refractivity (Wildman–Crippen MR) is 150 cm³/mol. The molecule has 0 radical (unpaired) electrons. The second kappa shape index (κ2) is 10.3. The Bertz CT molecular complexity index is 1480. The SMILES string of the molecule is COc1ccc(Cn2nc(-c3ccccc3)c3cc(Nc4ccccc4)nc(N4CCNCC4)c32)cc1. The summed E-state index contributed by atoms with van der Waals surface area (Å²) >= 11 is 0. The molecule has 0 aliphatic carbocycles. The topological polar surface area (TPSA) is 67.2 Å². The normalized spacial score (nSPS) is 13.6. The van der Waals surface area contributed by atoms with E-state index in [4.69, 9.17) is 14.8 Å². The monoisotopic (exact) mass is 490 g/mol. The minimum atomic E-state index is 0.638. The van der Waals surface area contributed by atoms with Crippen LogP contribution in [0, 0.1) is 0 Å². The standard InChI is InChI=1S/C30H30N6O/c1-37-25-14-12-22(13-15-25)21-36-29-26(28(34-36)23-8-4-2-5-9-23)20-27(32-24-10-6-3-7-11-24)33-30(29)35-18-16-31-17-19-35/h2-15,20,31H,16-19,21H2,1H3,(H,32,33). The zero-order valence-electron chi connectivity index (χ0n) is 20.9. The van der Waals surface area contributed by atoms with E-state index in [1.165, 1.54) is 0 Å². The Kier molecular flexibility index (Phi) is 6.44. The van der Waals surface area contributed by atoms with Crippen LogP contribution < -0.4 is 20.3 Å². The maximum atomic E-state index is 5.36. The largest absolute Gasteiger partial charge is 0.497 e. The molecule has 0 spiro atoms. The van der Waals surface area contributed by atoms with Crippen LogP contribution in [0.5, 0.6) is 5.75 Å². The Morgan fingerprint density at radius 1 is 0.892 bits per heavy atom. The van der Waals surface area contributed by atoms with Gasteiger partial charge >= 0.3 is 0 Å². The second-order valence-electron chi connectivity index (χ2n) is 9.18. The van der Waals surface area contributed by atoms with Gasteiger partial charge in [-0.3, -0.25) is 4.68 Å². The number of hydrogen-bond acceptors (Lipinski definition) is 6. The Morgan fingerprint density at radius 2 is 1.59 bits per heavy atom. The maximum absolute atomic E-state index is 5.36. The quantitative estimate of drug-likeness (QED) is 0.322. The third-order valence-corrected chi connectivity index (χ3v) is 6.71. The fourth-order valence-electron chi connectivity index (χ4n) is 4.84. The Balaban J connectivity index is 1.53. The predicted octanol–water partition coefficient (Wildman–Crippen LogP) is 5.31. The molecule has 37 heavy (non-hydrogen) atoms. The van der Waals surface area contributed by atoms with Crippen LogP contribution in [-0.2, 0) is 6.54 Å². The van der Waals surface area contributed by atoms with Crippen LogP contribution in [-0.4, -0.2) is 48.1 Å². The van der Waals surface area contributed by atoms with Crippen LogP contribution in [0.1, 0.15) is 5.56 Å². The number of nitrogens with zero attached hydrogens (tertiary/aromatic N) is 4. The van der Waals surface area contributed by atoms with Crippen LogP contribution in [0.4, 0.5) is 17.3 Å². The molecule has 2 N–H and O–H groups in total. The highest BCUT2D eigenvalue weighted by Crippen LogP contribution is 2.36. The summed E-state index contributed by atoms with van der Waals surface area (Å²) in [7, 11) is 1.69. The third-order valence-electron chi connectivity index (χ3n) is 6.71. The van der Waals surface area contributed by atoms with Crippen LogP contribution >= 0.6 is 0 Å². The van der Waals surface area contributed by atoms with Gasteiger partial charge in [0.15, 0.2) is 5.82 Å². The van der Waals surface area contributed by atoms with Crippen molar-refractivity contribution >= 4 is 28.2 Å². The Morgan fingerprint density at radius 3 is 2.30 bits per heavy atom. The molecule has 0 saturated carbocycles. The van der Waals surface area contributed by atoms with Crippen molar-refractivity contribution in [2.45, 2.75) is 6.54 Å². The summed E-state index contributed by atoms with van der Waals surface area (Å²) in [5.41, 5.74) is 5.26. The number of hydrogen-bond donors (Lipinski definition) is 2. The molecule has 0 unspecified atom stereocenters. The summed E-state index contributed by atoms with van der Waals surface area (Å²) in [6.45, 7) is 4.28. The minimum Gasteiger partial charge on any atom is -0.497 e. The molecule has 1 fully saturated rings. The van der Waals surface area contributed by atoms with Crippen molar-refractivity contribution < 1.29 is 4.74 Å². The summed E-state index contributed by atoms with van der Waals surface area (Å²) < 4.78 is 7.47. The van der Waals surface area contributed by atoms with Gasteiger partial charge in [-0.25, -0.2) is 4.98 Å². The summed E-state index contributed by atoms with van der Waals surface area (Å²) in [6.07, 6.45) is 0. The van der Waals surface area contributed by atoms with Gasteiger partial charge in [-0.1, -0.05) is 60.7 Å². The van der Waals surface area contributed by atoms with E-state index in [1.807, 2.05) is 36.4 Å². The molecule has 2 aromatic heterocycles. The number of rotatable bonds is 7. The van der Waals surface area contributed by atoms with Crippen molar-refractivity contribution in [2.24, 2.45) is 0 Å². The number of nitrogens with one attached hydrogen (secondary N) is 2. The first kappa shape index (κ1) is 23.1. The van der Waals surface area contributed by atoms with Crippen molar-refractivity contribution in [3.05, 3.63) is 96.6 Å². The lowest BCUT2D eigenvalue weighted by Gasteiger charge is -2.29. The molecule has 1 aliphatic heterocycles. The molecule has 7 heteroatoms. The van der Waals surface area contributed by atoms with Gasteiger partial charge in [0.05, 0.1) is 13.7 Å². The zero-order valence-corrected chi connectivity index (χ0v) is 20.9. The summed E-state index contributed by atoms with van der Waals surface area (Å²) in [5.74, 6) is 2.62. The van der Waals surface area contributed by atoms with Crippen LogP contribution in [0.3, 0.4) is 0 Å². The summed E-state index contributed by atoms with van der Waals surface area (Å²) in [4.78, 5) is 7.53. The van der Waals surface area contributed by atoms with E-state index in [0.717, 1.165) is 77.0 Å². The first-order chi connectivity index (χ1) is 18.3. The lowest BCUT2D eigenvalue weighted by molar-refractivity contribution is 0.414. The van der Waals surface area contributed by atoms with Gasteiger partial charge in [0.1, 0.15) is 22.8 Å². The number of methoxy groups -OCH3 is 1. The number of ether oxygens (including phenoxy) is 1. The zero-order chi connectivity index (χ0) is 25.0. The number of para-hydroxylation sites is 1. The van der Waals surface area contributed by atoms with Crippen molar-refractivity contribution in [3.8, 4) is 17.0 Å². The van der Waals surface area contributed by atoms with E-state index < -0.39 is 0 Å². The molecule has 0 amide bonds. The summed E-state index contributed by atoms with van der Waals surface area (Å²) in [5, 5.41) is 13.2. The Labute approximate surface area is 216 Å². The fraction of sp³-hybridized carbons (Fsp3) is 0.200. The van der Waals surface area contributed by atoms with E-state index >= 15 is 0 Å². The maximum Gasteiger partial charge on any atom is 0.157 e. The average Bonchev–Trinajstić information content (AvgIpc) is 3.32. The van der Waals surface area contributed by atoms with E-state index in [9.17, 15) is 0 Å². The molecule has 0 atom stereocenters. The van der Waals surface area contributed by atoms with Gasteiger partial charge in [0.25, 0.3) is 0 Å². The molecule has 186 valence electrons. The summed E-state index contributed by atoms with van der Waals surface area (Å²) in [6, 6.07) is 30.9. The molecule has 1 saturated heterocycles. The third kappa shape index (κ3) is 4.86. The van der Waals surface area contributed by atoms with Gasteiger partial charge < -0.3 is 20.3 Å². The molecular formula is C30H30N6O. The highest BCUT2D eigenvalue weighted by atomic mass is 16.5. The molecule has 6 rings (SSSR count). The number of pyridine rings is 1. The number of piperazine rings is 1. The lowest BCUT2D eigenvalue weighted by Crippen LogP contribution is -2.44. The highest BCUT2D eigenvalue weighted by Gasteiger charge is 2.23. The van der Waals surface area contributed by atoms with Crippen molar-refractivity contribution in [1.82, 2.24) is 20.1 Å². The van der Waals surface area contributed by atoms with Crippen molar-refractivity contribution in [1.29, 1.82) is 0 Å². The minimum absolute atomic E-state index is 0.638. The molecule has 3 aromatic carbocycles. The second-order valence-corrected chi connectivity index (χ2v) is 9.18. The van der Waals surface area contributed by atoms with Gasteiger partial charge in [0, 0.05) is 42.8 Å². The smallest absolute Gasteiger partial charge is 0.157 e. The van der Waals surface area contributed by atoms with Gasteiger partial charge in [-0.2, -0.15) is 5.10 Å². The first-order valence-corrected chi connectivity index (χ1v) is 12.7. The van der Waals surface area contributed by atoms with E-state index in [1.54, 1.807) is 7.11 Å². The van der Waals surface area contributed by atoms with Gasteiger partial charge in [0.2, 0.25) is 0 Å². The Hall–Kier alpha value is -4.36. The highest BCUT2D eigenvalue weighted by molar-refractivity contribution is 6.01. The van der Waals surface area contributed by atoms with Crippen molar-refractivity contribution in [2.75, 3.05) is 43.5 Å². The van der Waals surface area contributed by atoms with Crippen molar-refractivity contribution in [3.63, 3.8) is 0 Å². The molecule has 7 nitrogen and oxygen atoms in total. The molecule has 1 aliphatic rings. The number of anilines is 3. The molecular weight excluding hydrogens is 460 g/mol. The number of aromatic nitrogens is 3. The van der Waals surface area contributed by atoms with E-state index in [0.29, 0.717) is 6.54 Å².